The van der Waals surface area contributed by atoms with Crippen LogP contribution in [0.15, 0.2) is 34.9 Å². The Bertz CT molecular complexity index is 946. The van der Waals surface area contributed by atoms with Gasteiger partial charge in [-0.3, -0.25) is 14.5 Å². The minimum atomic E-state index is -0.669. The van der Waals surface area contributed by atoms with Crippen LogP contribution < -0.4 is 10.2 Å². The number of amides is 4. The number of imide groups is 1. The number of urea groups is 1. The lowest BCUT2D eigenvalue weighted by atomic mass is 10.1. The molecule has 0 radical (unpaired) electrons. The molecule has 1 atom stereocenters. The van der Waals surface area contributed by atoms with Crippen molar-refractivity contribution < 1.29 is 18.9 Å². The molecule has 31 heavy (non-hydrogen) atoms. The maximum atomic E-state index is 12.7. The van der Waals surface area contributed by atoms with Crippen LogP contribution >= 0.6 is 0 Å². The molecule has 164 valence electrons. The number of para-hydroxylation sites is 1. The molecule has 9 heteroatoms. The Balaban J connectivity index is 1.25. The van der Waals surface area contributed by atoms with Crippen molar-refractivity contribution in [3.05, 3.63) is 47.3 Å². The third kappa shape index (κ3) is 4.46. The molecule has 2 aromatic rings. The highest BCUT2D eigenvalue weighted by Gasteiger charge is 2.39. The van der Waals surface area contributed by atoms with E-state index in [2.05, 4.69) is 15.4 Å². The van der Waals surface area contributed by atoms with Gasteiger partial charge in [0.1, 0.15) is 11.8 Å². The number of hydrogen-bond donors (Lipinski definition) is 1. The SMILES string of the molecule is Cc1noc(C)c1CN1CCN(C(=O)CCC2NC(=O)N(c3ccccc3)C2=O)CC1. The molecule has 2 aliphatic heterocycles. The monoisotopic (exact) mass is 425 g/mol. The maximum absolute atomic E-state index is 12.7. The van der Waals surface area contributed by atoms with Gasteiger partial charge in [-0.05, 0) is 32.4 Å². The van der Waals surface area contributed by atoms with E-state index in [1.165, 1.54) is 0 Å². The molecule has 2 saturated heterocycles. The Labute approximate surface area is 181 Å². The van der Waals surface area contributed by atoms with E-state index >= 15 is 0 Å². The summed E-state index contributed by atoms with van der Waals surface area (Å²) < 4.78 is 5.23. The minimum Gasteiger partial charge on any atom is -0.361 e. The molecular weight excluding hydrogens is 398 g/mol. The Morgan fingerprint density at radius 1 is 1.13 bits per heavy atom. The topological polar surface area (TPSA) is 99.0 Å². The van der Waals surface area contributed by atoms with E-state index in [-0.39, 0.29) is 18.2 Å². The first kappa shape index (κ1) is 21.0. The summed E-state index contributed by atoms with van der Waals surface area (Å²) in [5, 5.41) is 6.69. The van der Waals surface area contributed by atoms with Gasteiger partial charge < -0.3 is 14.7 Å². The molecule has 4 amide bonds. The van der Waals surface area contributed by atoms with Crippen LogP contribution in [0.4, 0.5) is 10.5 Å². The predicted molar refractivity (Wildman–Crippen MR) is 113 cm³/mol. The summed E-state index contributed by atoms with van der Waals surface area (Å²) in [6.07, 6.45) is 0.523. The van der Waals surface area contributed by atoms with E-state index < -0.39 is 12.1 Å². The molecule has 0 spiro atoms. The Morgan fingerprint density at radius 2 is 1.84 bits per heavy atom. The standard InChI is InChI=1S/C22H27N5O4/c1-15-18(16(2)31-24-15)14-25-10-12-26(13-11-25)20(28)9-8-19-21(29)27(22(30)23-19)17-6-4-3-5-7-17/h3-7,19H,8-14H2,1-2H3,(H,23,30). The van der Waals surface area contributed by atoms with Crippen LogP contribution in [0.25, 0.3) is 0 Å². The molecule has 1 N–H and O–H groups in total. The summed E-state index contributed by atoms with van der Waals surface area (Å²) in [6, 6.07) is 7.70. The molecular formula is C22H27N5O4. The third-order valence-corrected chi connectivity index (χ3v) is 5.97. The van der Waals surface area contributed by atoms with Crippen molar-refractivity contribution in [3.8, 4) is 0 Å². The summed E-state index contributed by atoms with van der Waals surface area (Å²) in [4.78, 5) is 42.8. The Morgan fingerprint density at radius 3 is 2.48 bits per heavy atom. The average molecular weight is 425 g/mol. The third-order valence-electron chi connectivity index (χ3n) is 5.97. The summed E-state index contributed by atoms with van der Waals surface area (Å²) in [5.74, 6) is 0.536. The van der Waals surface area contributed by atoms with Crippen LogP contribution in [0.1, 0.15) is 29.9 Å². The lowest BCUT2D eigenvalue weighted by molar-refractivity contribution is -0.133. The fraction of sp³-hybridized carbons (Fsp3) is 0.455. The largest absolute Gasteiger partial charge is 0.361 e. The molecule has 1 aromatic carbocycles. The van der Waals surface area contributed by atoms with Crippen molar-refractivity contribution >= 4 is 23.5 Å². The number of carbonyl (C=O) groups excluding carboxylic acids is 3. The first-order valence-corrected chi connectivity index (χ1v) is 10.6. The molecule has 1 aromatic heterocycles. The zero-order valence-electron chi connectivity index (χ0n) is 17.8. The van der Waals surface area contributed by atoms with Crippen LogP contribution in [0, 0.1) is 13.8 Å². The van der Waals surface area contributed by atoms with Gasteiger partial charge in [-0.15, -0.1) is 0 Å². The highest BCUT2D eigenvalue weighted by molar-refractivity contribution is 6.21. The second-order valence-corrected chi connectivity index (χ2v) is 8.01. The molecule has 4 rings (SSSR count). The minimum absolute atomic E-state index is 0.0113. The molecule has 1 unspecified atom stereocenters. The second-order valence-electron chi connectivity index (χ2n) is 8.01. The van der Waals surface area contributed by atoms with Crippen molar-refractivity contribution in [1.29, 1.82) is 0 Å². The molecule has 2 aliphatic rings. The summed E-state index contributed by atoms with van der Waals surface area (Å²) in [5.41, 5.74) is 2.55. The molecule has 2 fully saturated rings. The molecule has 9 nitrogen and oxygen atoms in total. The van der Waals surface area contributed by atoms with Crippen LogP contribution in [0.2, 0.25) is 0 Å². The lowest BCUT2D eigenvalue weighted by Crippen LogP contribution is -2.48. The quantitative estimate of drug-likeness (QED) is 0.709. The van der Waals surface area contributed by atoms with E-state index in [9.17, 15) is 14.4 Å². The summed E-state index contributed by atoms with van der Waals surface area (Å²) in [6.45, 7) is 7.45. The van der Waals surface area contributed by atoms with E-state index in [0.717, 1.165) is 41.6 Å². The molecule has 0 bridgehead atoms. The van der Waals surface area contributed by atoms with Crippen LogP contribution in [0.5, 0.6) is 0 Å². The number of hydrogen-bond acceptors (Lipinski definition) is 6. The van der Waals surface area contributed by atoms with Gasteiger partial charge in [0.25, 0.3) is 5.91 Å². The van der Waals surface area contributed by atoms with Gasteiger partial charge in [-0.25, -0.2) is 9.69 Å². The molecule has 3 heterocycles. The van der Waals surface area contributed by atoms with Gasteiger partial charge >= 0.3 is 6.03 Å². The number of nitrogens with one attached hydrogen (secondary N) is 1. The normalized spacial score (nSPS) is 19.7. The smallest absolute Gasteiger partial charge is 0.329 e. The molecule has 0 saturated carbocycles. The van der Waals surface area contributed by atoms with Crippen molar-refractivity contribution in [2.75, 3.05) is 31.1 Å². The zero-order valence-corrected chi connectivity index (χ0v) is 17.8. The average Bonchev–Trinajstić information content (AvgIpc) is 3.25. The van der Waals surface area contributed by atoms with E-state index in [0.29, 0.717) is 25.2 Å². The summed E-state index contributed by atoms with van der Waals surface area (Å²) in [7, 11) is 0. The zero-order chi connectivity index (χ0) is 22.0. The lowest BCUT2D eigenvalue weighted by Gasteiger charge is -2.34. The van der Waals surface area contributed by atoms with Crippen molar-refractivity contribution in [1.82, 2.24) is 20.3 Å². The number of nitrogens with zero attached hydrogens (tertiary/aromatic N) is 4. The number of aromatic nitrogens is 1. The number of rotatable bonds is 6. The van der Waals surface area contributed by atoms with Crippen LogP contribution in [-0.4, -0.2) is 65.0 Å². The fourth-order valence-electron chi connectivity index (χ4n) is 4.08. The summed E-state index contributed by atoms with van der Waals surface area (Å²) >= 11 is 0. The van der Waals surface area contributed by atoms with Gasteiger partial charge in [0.2, 0.25) is 5.91 Å². The van der Waals surface area contributed by atoms with Crippen LogP contribution in [0.3, 0.4) is 0 Å². The van der Waals surface area contributed by atoms with Crippen molar-refractivity contribution in [2.24, 2.45) is 0 Å². The highest BCUT2D eigenvalue weighted by Crippen LogP contribution is 2.21. The molecule has 0 aliphatic carbocycles. The number of aryl methyl sites for hydroxylation is 2. The van der Waals surface area contributed by atoms with Gasteiger partial charge in [-0.1, -0.05) is 23.4 Å². The Hall–Kier alpha value is -3.20. The second kappa shape index (κ2) is 8.89. The first-order chi connectivity index (χ1) is 14.9. The maximum Gasteiger partial charge on any atom is 0.329 e. The predicted octanol–water partition coefficient (Wildman–Crippen LogP) is 1.84. The number of piperazine rings is 1. The number of carbonyl (C=O) groups is 3. The van der Waals surface area contributed by atoms with Gasteiger partial charge in [0, 0.05) is 44.7 Å². The Kier molecular flexibility index (Phi) is 6.03. The fourth-order valence-corrected chi connectivity index (χ4v) is 4.08. The number of anilines is 1. The van der Waals surface area contributed by atoms with Gasteiger partial charge in [0.15, 0.2) is 0 Å². The van der Waals surface area contributed by atoms with E-state index in [1.54, 1.807) is 24.3 Å². The first-order valence-electron chi connectivity index (χ1n) is 10.6. The van der Waals surface area contributed by atoms with E-state index in [4.69, 9.17) is 4.52 Å². The van der Waals surface area contributed by atoms with E-state index in [1.807, 2.05) is 24.8 Å². The van der Waals surface area contributed by atoms with Crippen LogP contribution in [-0.2, 0) is 16.1 Å². The number of benzene rings is 1. The highest BCUT2D eigenvalue weighted by atomic mass is 16.5. The van der Waals surface area contributed by atoms with Crippen molar-refractivity contribution in [3.63, 3.8) is 0 Å². The van der Waals surface area contributed by atoms with Gasteiger partial charge in [0.05, 0.1) is 11.4 Å². The van der Waals surface area contributed by atoms with Crippen molar-refractivity contribution in [2.45, 2.75) is 39.3 Å². The van der Waals surface area contributed by atoms with Gasteiger partial charge in [-0.2, -0.15) is 0 Å².